The minimum Gasteiger partial charge on any atom is -0.437 e. The van der Waals surface area contributed by atoms with Gasteiger partial charge in [0.1, 0.15) is 0 Å². The van der Waals surface area contributed by atoms with Crippen molar-refractivity contribution < 1.29 is 22.7 Å². The molecule has 0 aliphatic carbocycles. The molecule has 1 aliphatic heterocycles. The molecule has 0 saturated carbocycles. The quantitative estimate of drug-likeness (QED) is 0.590. The summed E-state index contributed by atoms with van der Waals surface area (Å²) in [7, 11) is 0. The Kier molecular flexibility index (Phi) is 5.33. The number of rotatable bonds is 3. The average molecular weight is 426 g/mol. The molecule has 0 fully saturated rings. The number of halogens is 3. The Morgan fingerprint density at radius 3 is 2.55 bits per heavy atom. The number of pyridine rings is 1. The second-order valence-electron chi connectivity index (χ2n) is 6.86. The van der Waals surface area contributed by atoms with Crippen molar-refractivity contribution in [3.8, 4) is 5.75 Å². The van der Waals surface area contributed by atoms with Crippen LogP contribution >= 0.6 is 0 Å². The maximum atomic E-state index is 13.1. The molecule has 2 heterocycles. The fourth-order valence-electron chi connectivity index (χ4n) is 3.08. The Morgan fingerprint density at radius 2 is 1.81 bits per heavy atom. The third kappa shape index (κ3) is 4.66. The van der Waals surface area contributed by atoms with Gasteiger partial charge in [-0.1, -0.05) is 12.1 Å². The normalized spacial score (nSPS) is 13.0. The molecule has 31 heavy (non-hydrogen) atoms. The number of nitrogens with one attached hydrogen (secondary N) is 2. The summed E-state index contributed by atoms with van der Waals surface area (Å²) in [5.74, 6) is 1.06. The highest BCUT2D eigenvalue weighted by atomic mass is 19.4. The predicted molar refractivity (Wildman–Crippen MR) is 110 cm³/mol. The highest BCUT2D eigenvalue weighted by Crippen LogP contribution is 2.34. The molecule has 0 saturated heterocycles. The minimum absolute atomic E-state index is 0.323. The smallest absolute Gasteiger partial charge is 0.418 e. The van der Waals surface area contributed by atoms with E-state index >= 15 is 0 Å². The van der Waals surface area contributed by atoms with Crippen LogP contribution in [0.25, 0.3) is 0 Å². The van der Waals surface area contributed by atoms with Gasteiger partial charge in [-0.15, -0.1) is 0 Å². The van der Waals surface area contributed by atoms with E-state index < -0.39 is 17.8 Å². The predicted octanol–water partition coefficient (Wildman–Crippen LogP) is 5.39. The zero-order valence-electron chi connectivity index (χ0n) is 16.3. The van der Waals surface area contributed by atoms with E-state index in [1.54, 1.807) is 30.5 Å². The van der Waals surface area contributed by atoms with E-state index in [1.165, 1.54) is 18.2 Å². The van der Waals surface area contributed by atoms with Crippen LogP contribution in [0.15, 0.2) is 65.8 Å². The maximum absolute atomic E-state index is 13.1. The van der Waals surface area contributed by atoms with Crippen LogP contribution in [0.2, 0.25) is 0 Å². The van der Waals surface area contributed by atoms with Gasteiger partial charge in [-0.3, -0.25) is 4.98 Å². The maximum Gasteiger partial charge on any atom is 0.418 e. The summed E-state index contributed by atoms with van der Waals surface area (Å²) in [6.07, 6.45) is -2.92. The summed E-state index contributed by atoms with van der Waals surface area (Å²) in [5.41, 5.74) is 1.69. The third-order valence-electron chi connectivity index (χ3n) is 4.56. The van der Waals surface area contributed by atoms with Crippen molar-refractivity contribution in [2.24, 2.45) is 4.99 Å². The first kappa shape index (κ1) is 20.4. The highest BCUT2D eigenvalue weighted by Gasteiger charge is 2.33. The van der Waals surface area contributed by atoms with Crippen molar-refractivity contribution in [2.45, 2.75) is 19.6 Å². The lowest BCUT2D eigenvalue weighted by Crippen LogP contribution is -2.22. The van der Waals surface area contributed by atoms with Gasteiger partial charge in [0.25, 0.3) is 0 Å². The van der Waals surface area contributed by atoms with Gasteiger partial charge in [0, 0.05) is 22.5 Å². The standard InChI is InChI=1S/C22H17F3N4O2/c1-13-10-15-11-27-20(31-19(15)12-26-13)14-6-8-16(9-7-14)28-21(30)29-18-5-3-2-4-17(18)22(23,24)25/h2-10,12H,11H2,1H3,(H2,28,29,30). The number of para-hydroxylation sites is 1. The van der Waals surface area contributed by atoms with Gasteiger partial charge < -0.3 is 15.4 Å². The zero-order chi connectivity index (χ0) is 22.0. The molecule has 0 bridgehead atoms. The second-order valence-corrected chi connectivity index (χ2v) is 6.86. The molecule has 3 aromatic rings. The molecule has 0 radical (unpaired) electrons. The van der Waals surface area contributed by atoms with Crippen LogP contribution in [-0.2, 0) is 12.7 Å². The topological polar surface area (TPSA) is 75.6 Å². The molecule has 1 aromatic heterocycles. The number of ether oxygens (including phenoxy) is 1. The number of aliphatic imine (C=N–C) groups is 1. The van der Waals surface area contributed by atoms with Crippen molar-refractivity contribution in [3.05, 3.63) is 83.2 Å². The Labute approximate surface area is 175 Å². The van der Waals surface area contributed by atoms with Crippen molar-refractivity contribution in [3.63, 3.8) is 0 Å². The molecule has 6 nitrogen and oxygen atoms in total. The first-order chi connectivity index (χ1) is 14.8. The lowest BCUT2D eigenvalue weighted by atomic mass is 10.1. The summed E-state index contributed by atoms with van der Waals surface area (Å²) in [6.45, 7) is 2.36. The fourth-order valence-corrected chi connectivity index (χ4v) is 3.08. The first-order valence-corrected chi connectivity index (χ1v) is 9.32. The Hall–Kier alpha value is -3.88. The minimum atomic E-state index is -4.57. The number of benzene rings is 2. The Balaban J connectivity index is 1.42. The van der Waals surface area contributed by atoms with Crippen LogP contribution in [0.3, 0.4) is 0 Å². The largest absolute Gasteiger partial charge is 0.437 e. The monoisotopic (exact) mass is 426 g/mol. The van der Waals surface area contributed by atoms with Gasteiger partial charge in [0.05, 0.1) is 24.0 Å². The van der Waals surface area contributed by atoms with Crippen molar-refractivity contribution in [1.29, 1.82) is 0 Å². The molecular formula is C22H17F3N4O2. The summed E-state index contributed by atoms with van der Waals surface area (Å²) in [6, 6.07) is 12.5. The van der Waals surface area contributed by atoms with Gasteiger partial charge >= 0.3 is 12.2 Å². The van der Waals surface area contributed by atoms with E-state index in [4.69, 9.17) is 4.74 Å². The van der Waals surface area contributed by atoms with E-state index in [0.717, 1.165) is 17.3 Å². The summed E-state index contributed by atoms with van der Waals surface area (Å²) < 4.78 is 45.0. The molecular weight excluding hydrogens is 409 g/mol. The Bertz CT molecular complexity index is 1160. The molecule has 2 N–H and O–H groups in total. The fraction of sp³-hybridized carbons (Fsp3) is 0.136. The van der Waals surface area contributed by atoms with Crippen LogP contribution in [-0.4, -0.2) is 16.9 Å². The number of anilines is 2. The number of nitrogens with zero attached hydrogens (tertiary/aromatic N) is 2. The number of aryl methyl sites for hydroxylation is 1. The highest BCUT2D eigenvalue weighted by molar-refractivity contribution is 6.01. The van der Waals surface area contributed by atoms with Crippen molar-refractivity contribution >= 4 is 23.3 Å². The number of fused-ring (bicyclic) bond motifs is 1. The SMILES string of the molecule is Cc1cc2c(cn1)OC(c1ccc(NC(=O)Nc3ccccc3C(F)(F)F)cc1)=NC2. The van der Waals surface area contributed by atoms with E-state index in [-0.39, 0.29) is 5.69 Å². The number of urea groups is 1. The lowest BCUT2D eigenvalue weighted by molar-refractivity contribution is -0.136. The molecule has 2 amide bonds. The molecule has 4 rings (SSSR count). The average Bonchev–Trinajstić information content (AvgIpc) is 2.73. The summed E-state index contributed by atoms with van der Waals surface area (Å²) in [4.78, 5) is 20.8. The molecule has 158 valence electrons. The number of hydrogen-bond donors (Lipinski definition) is 2. The van der Waals surface area contributed by atoms with Gasteiger partial charge in [-0.2, -0.15) is 13.2 Å². The molecule has 9 heteroatoms. The lowest BCUT2D eigenvalue weighted by Gasteiger charge is -2.17. The summed E-state index contributed by atoms with van der Waals surface area (Å²) >= 11 is 0. The first-order valence-electron chi connectivity index (χ1n) is 9.32. The number of aromatic nitrogens is 1. The van der Waals surface area contributed by atoms with E-state index in [9.17, 15) is 18.0 Å². The van der Waals surface area contributed by atoms with Crippen LogP contribution in [0.4, 0.5) is 29.3 Å². The molecule has 0 atom stereocenters. The molecule has 0 unspecified atom stereocenters. The number of amides is 2. The van der Waals surface area contributed by atoms with Crippen LogP contribution in [0.5, 0.6) is 5.75 Å². The number of carbonyl (C=O) groups excluding carboxylic acids is 1. The zero-order valence-corrected chi connectivity index (χ0v) is 16.3. The van der Waals surface area contributed by atoms with Gasteiger partial charge in [-0.05, 0) is 49.4 Å². The van der Waals surface area contributed by atoms with Crippen LogP contribution < -0.4 is 15.4 Å². The van der Waals surface area contributed by atoms with E-state index in [2.05, 4.69) is 20.6 Å². The van der Waals surface area contributed by atoms with Gasteiger partial charge in [0.2, 0.25) is 5.90 Å². The van der Waals surface area contributed by atoms with Crippen molar-refractivity contribution in [2.75, 3.05) is 10.6 Å². The number of carbonyl (C=O) groups is 1. The Morgan fingerprint density at radius 1 is 1.06 bits per heavy atom. The molecule has 0 spiro atoms. The van der Waals surface area contributed by atoms with E-state index in [1.807, 2.05) is 13.0 Å². The second kappa shape index (κ2) is 8.10. The molecule has 1 aliphatic rings. The van der Waals surface area contributed by atoms with Gasteiger partial charge in [0.15, 0.2) is 5.75 Å². The van der Waals surface area contributed by atoms with Crippen LogP contribution in [0.1, 0.15) is 22.4 Å². The molecule has 2 aromatic carbocycles. The summed E-state index contributed by atoms with van der Waals surface area (Å²) in [5, 5.41) is 4.75. The number of hydrogen-bond acceptors (Lipinski definition) is 4. The third-order valence-corrected chi connectivity index (χ3v) is 4.56. The number of alkyl halides is 3. The van der Waals surface area contributed by atoms with E-state index in [0.29, 0.717) is 29.4 Å². The van der Waals surface area contributed by atoms with Gasteiger partial charge in [-0.25, -0.2) is 9.79 Å². The van der Waals surface area contributed by atoms with Crippen LogP contribution in [0, 0.1) is 6.92 Å². The van der Waals surface area contributed by atoms with Crippen molar-refractivity contribution in [1.82, 2.24) is 4.98 Å².